The summed E-state index contributed by atoms with van der Waals surface area (Å²) in [5.74, 6) is -0.749. The molecule has 116 valence electrons. The minimum Gasteiger partial charge on any atom is -0.268 e. The highest BCUT2D eigenvalue weighted by atomic mass is 35.5. The first-order chi connectivity index (χ1) is 11.0. The van der Waals surface area contributed by atoms with E-state index < -0.39 is 5.82 Å². The van der Waals surface area contributed by atoms with Crippen LogP contribution in [0.25, 0.3) is 6.08 Å². The second-order valence-electron chi connectivity index (χ2n) is 4.99. The third-order valence-corrected chi connectivity index (χ3v) is 4.99. The molecule has 0 aromatic heterocycles. The Hall–Kier alpha value is -1.69. The Morgan fingerprint density at radius 2 is 1.91 bits per heavy atom. The Bertz CT molecular complexity index is 813. The lowest BCUT2D eigenvalue weighted by Gasteiger charge is -2.14. The number of hydrogen-bond donors (Lipinski definition) is 0. The van der Waals surface area contributed by atoms with Gasteiger partial charge in [0.25, 0.3) is 5.91 Å². The third-order valence-electron chi connectivity index (χ3n) is 3.36. The number of thiocarbonyl (C=S) groups is 1. The van der Waals surface area contributed by atoms with E-state index in [9.17, 15) is 9.18 Å². The smallest absolute Gasteiger partial charge is 0.268 e. The Morgan fingerprint density at radius 1 is 1.22 bits per heavy atom. The molecule has 6 heteroatoms. The number of hydrogen-bond acceptors (Lipinski definition) is 3. The van der Waals surface area contributed by atoms with Gasteiger partial charge in [-0.1, -0.05) is 59.3 Å². The number of aryl methyl sites for hydroxylation is 1. The predicted molar refractivity (Wildman–Crippen MR) is 98.2 cm³/mol. The van der Waals surface area contributed by atoms with Gasteiger partial charge in [-0.2, -0.15) is 0 Å². The summed E-state index contributed by atoms with van der Waals surface area (Å²) >= 11 is 12.4. The van der Waals surface area contributed by atoms with Crippen LogP contribution < -0.4 is 4.90 Å². The lowest BCUT2D eigenvalue weighted by atomic mass is 10.2. The molecule has 2 aromatic carbocycles. The summed E-state index contributed by atoms with van der Waals surface area (Å²) in [7, 11) is 0. The van der Waals surface area contributed by atoms with E-state index in [0.717, 1.165) is 17.3 Å². The number of rotatable bonds is 2. The van der Waals surface area contributed by atoms with E-state index in [0.29, 0.717) is 14.9 Å². The molecule has 1 aliphatic rings. The number of halogens is 2. The molecule has 0 radical (unpaired) electrons. The van der Waals surface area contributed by atoms with E-state index in [-0.39, 0.29) is 16.5 Å². The van der Waals surface area contributed by atoms with Crippen molar-refractivity contribution in [1.29, 1.82) is 0 Å². The van der Waals surface area contributed by atoms with Crippen LogP contribution in [0.3, 0.4) is 0 Å². The molecule has 1 fully saturated rings. The molecule has 1 saturated heterocycles. The fraction of sp³-hybridized carbons (Fsp3) is 0.0588. The van der Waals surface area contributed by atoms with Crippen LogP contribution in [0.2, 0.25) is 5.02 Å². The van der Waals surface area contributed by atoms with Crippen molar-refractivity contribution in [2.45, 2.75) is 6.92 Å². The first kappa shape index (κ1) is 16.2. The predicted octanol–water partition coefficient (Wildman–Crippen LogP) is 5.19. The molecule has 2 aromatic rings. The van der Waals surface area contributed by atoms with Crippen LogP contribution >= 0.6 is 35.6 Å². The summed E-state index contributed by atoms with van der Waals surface area (Å²) in [4.78, 5) is 14.4. The van der Waals surface area contributed by atoms with Crippen LogP contribution in [-0.4, -0.2) is 10.2 Å². The standard InChI is InChI=1S/C17H11ClFNOS2/c1-10-5-7-11(8-6-10)20-16(21)15(23-17(20)22)9-12-13(18)3-2-4-14(12)19/h2-9H,1H3/b15-9+. The number of carbonyl (C=O) groups is 1. The van der Waals surface area contributed by atoms with E-state index in [1.807, 2.05) is 31.2 Å². The third kappa shape index (κ3) is 3.17. The maximum atomic E-state index is 13.9. The van der Waals surface area contributed by atoms with Crippen molar-refractivity contribution in [2.24, 2.45) is 0 Å². The number of nitrogens with zero attached hydrogens (tertiary/aromatic N) is 1. The molecule has 1 heterocycles. The van der Waals surface area contributed by atoms with Gasteiger partial charge in [0.1, 0.15) is 5.82 Å². The zero-order chi connectivity index (χ0) is 16.6. The van der Waals surface area contributed by atoms with Crippen molar-refractivity contribution in [3.63, 3.8) is 0 Å². The van der Waals surface area contributed by atoms with Crippen LogP contribution in [0.4, 0.5) is 10.1 Å². The van der Waals surface area contributed by atoms with Gasteiger partial charge in [0.2, 0.25) is 0 Å². The van der Waals surface area contributed by atoms with E-state index in [1.165, 1.54) is 23.1 Å². The van der Waals surface area contributed by atoms with Crippen LogP contribution in [0.1, 0.15) is 11.1 Å². The van der Waals surface area contributed by atoms with Gasteiger partial charge < -0.3 is 0 Å². The highest BCUT2D eigenvalue weighted by Gasteiger charge is 2.33. The first-order valence-electron chi connectivity index (χ1n) is 6.76. The molecular formula is C17H11ClFNOS2. The van der Waals surface area contributed by atoms with Crippen LogP contribution in [0.15, 0.2) is 47.4 Å². The van der Waals surface area contributed by atoms with Crippen LogP contribution in [0, 0.1) is 12.7 Å². The molecule has 0 aliphatic carbocycles. The van der Waals surface area contributed by atoms with Gasteiger partial charge >= 0.3 is 0 Å². The largest absolute Gasteiger partial charge is 0.270 e. The molecular weight excluding hydrogens is 353 g/mol. The van der Waals surface area contributed by atoms with E-state index >= 15 is 0 Å². The normalized spacial score (nSPS) is 16.5. The molecule has 1 amide bonds. The molecule has 0 spiro atoms. The Labute approximate surface area is 147 Å². The first-order valence-corrected chi connectivity index (χ1v) is 8.36. The number of anilines is 1. The van der Waals surface area contributed by atoms with Gasteiger partial charge in [0.05, 0.1) is 15.6 Å². The van der Waals surface area contributed by atoms with Gasteiger partial charge in [-0.3, -0.25) is 9.69 Å². The van der Waals surface area contributed by atoms with Gasteiger partial charge in [-0.15, -0.1) is 0 Å². The Kier molecular flexibility index (Phi) is 4.53. The zero-order valence-electron chi connectivity index (χ0n) is 12.0. The highest BCUT2D eigenvalue weighted by Crippen LogP contribution is 2.37. The minimum absolute atomic E-state index is 0.193. The van der Waals surface area contributed by atoms with Crippen molar-refractivity contribution < 1.29 is 9.18 Å². The molecule has 1 aliphatic heterocycles. The summed E-state index contributed by atoms with van der Waals surface area (Å²) < 4.78 is 14.3. The summed E-state index contributed by atoms with van der Waals surface area (Å²) in [6, 6.07) is 11.9. The lowest BCUT2D eigenvalue weighted by Crippen LogP contribution is -2.27. The topological polar surface area (TPSA) is 20.3 Å². The number of amides is 1. The lowest BCUT2D eigenvalue weighted by molar-refractivity contribution is -0.113. The molecule has 23 heavy (non-hydrogen) atoms. The Morgan fingerprint density at radius 3 is 2.57 bits per heavy atom. The van der Waals surface area contributed by atoms with Crippen molar-refractivity contribution >= 4 is 57.6 Å². The summed E-state index contributed by atoms with van der Waals surface area (Å²) in [6.45, 7) is 1.97. The SMILES string of the molecule is Cc1ccc(N2C(=O)/C(=C\c3c(F)cccc3Cl)SC2=S)cc1. The quantitative estimate of drug-likeness (QED) is 0.540. The molecule has 3 rings (SSSR count). The van der Waals surface area contributed by atoms with Gasteiger partial charge in [-0.05, 0) is 37.3 Å². The van der Waals surface area contributed by atoms with Crippen molar-refractivity contribution in [3.05, 3.63) is 69.3 Å². The highest BCUT2D eigenvalue weighted by molar-refractivity contribution is 8.27. The fourth-order valence-electron chi connectivity index (χ4n) is 2.16. The van der Waals surface area contributed by atoms with Crippen LogP contribution in [0.5, 0.6) is 0 Å². The number of thioether (sulfide) groups is 1. The average Bonchev–Trinajstić information content (AvgIpc) is 2.79. The van der Waals surface area contributed by atoms with Crippen molar-refractivity contribution in [1.82, 2.24) is 0 Å². The fourth-order valence-corrected chi connectivity index (χ4v) is 3.66. The molecule has 2 nitrogen and oxygen atoms in total. The Balaban J connectivity index is 1.98. The maximum absolute atomic E-state index is 13.9. The van der Waals surface area contributed by atoms with Gasteiger partial charge in [0, 0.05) is 5.56 Å². The molecule has 0 saturated carbocycles. The molecule has 0 atom stereocenters. The van der Waals surface area contributed by atoms with Crippen LogP contribution in [-0.2, 0) is 4.79 Å². The maximum Gasteiger partial charge on any atom is 0.270 e. The van der Waals surface area contributed by atoms with E-state index in [2.05, 4.69) is 0 Å². The molecule has 0 unspecified atom stereocenters. The van der Waals surface area contributed by atoms with Gasteiger partial charge in [-0.25, -0.2) is 4.39 Å². The second kappa shape index (κ2) is 6.43. The second-order valence-corrected chi connectivity index (χ2v) is 7.07. The molecule has 0 N–H and O–H groups in total. The minimum atomic E-state index is -0.474. The van der Waals surface area contributed by atoms with E-state index in [1.54, 1.807) is 6.07 Å². The summed E-state index contributed by atoms with van der Waals surface area (Å²) in [5, 5.41) is 0.255. The monoisotopic (exact) mass is 363 g/mol. The van der Waals surface area contributed by atoms with E-state index in [4.69, 9.17) is 23.8 Å². The van der Waals surface area contributed by atoms with Gasteiger partial charge in [0.15, 0.2) is 4.32 Å². The summed E-state index contributed by atoms with van der Waals surface area (Å²) in [5.41, 5.74) is 1.98. The van der Waals surface area contributed by atoms with Crippen molar-refractivity contribution in [2.75, 3.05) is 4.90 Å². The number of carbonyl (C=O) groups excluding carboxylic acids is 1. The zero-order valence-corrected chi connectivity index (χ0v) is 14.4. The molecule has 0 bridgehead atoms. The van der Waals surface area contributed by atoms with Crippen molar-refractivity contribution in [3.8, 4) is 0 Å². The average molecular weight is 364 g/mol. The number of benzene rings is 2. The summed E-state index contributed by atoms with van der Waals surface area (Å²) in [6.07, 6.45) is 1.45.